The van der Waals surface area contributed by atoms with Gasteiger partial charge in [-0.15, -0.1) is 0 Å². The Morgan fingerprint density at radius 1 is 1.11 bits per heavy atom. The number of rotatable bonds is 5. The van der Waals surface area contributed by atoms with Crippen molar-refractivity contribution in [3.05, 3.63) is 48.3 Å². The molecular formula is C14H18N4. The highest BCUT2D eigenvalue weighted by atomic mass is 15.1. The van der Waals surface area contributed by atoms with Crippen LogP contribution in [0.2, 0.25) is 0 Å². The van der Waals surface area contributed by atoms with E-state index in [9.17, 15) is 0 Å². The highest BCUT2D eigenvalue weighted by Gasteiger charge is 2.05. The second kappa shape index (κ2) is 6.00. The molecule has 2 rings (SSSR count). The molecule has 0 aliphatic rings. The monoisotopic (exact) mass is 242 g/mol. The molecule has 0 aliphatic carbocycles. The molecule has 94 valence electrons. The first-order valence-electron chi connectivity index (χ1n) is 6.08. The lowest BCUT2D eigenvalue weighted by Gasteiger charge is -2.13. The Bertz CT molecular complexity index is 484. The topological polar surface area (TPSA) is 49.8 Å². The minimum atomic E-state index is 0.444. The van der Waals surface area contributed by atoms with Crippen LogP contribution in [0.1, 0.15) is 18.4 Å². The molecule has 0 saturated carbocycles. The number of hydrogen-bond donors (Lipinski definition) is 2. The Balaban J connectivity index is 1.95. The van der Waals surface area contributed by atoms with Crippen LogP contribution in [0.3, 0.4) is 0 Å². The van der Waals surface area contributed by atoms with Gasteiger partial charge in [0.2, 0.25) is 0 Å². The predicted octanol–water partition coefficient (Wildman–Crippen LogP) is 2.73. The molecule has 18 heavy (non-hydrogen) atoms. The van der Waals surface area contributed by atoms with Gasteiger partial charge in [0.15, 0.2) is 0 Å². The first-order valence-corrected chi connectivity index (χ1v) is 6.08. The molecule has 0 aliphatic heterocycles. The van der Waals surface area contributed by atoms with Gasteiger partial charge in [-0.3, -0.25) is 0 Å². The normalized spacial score (nSPS) is 11.9. The van der Waals surface area contributed by atoms with Gasteiger partial charge in [-0.05, 0) is 11.5 Å². The third-order valence-corrected chi connectivity index (χ3v) is 2.88. The van der Waals surface area contributed by atoms with Crippen molar-refractivity contribution in [2.45, 2.75) is 12.8 Å². The number of aromatic nitrogens is 2. The summed E-state index contributed by atoms with van der Waals surface area (Å²) in [5.41, 5.74) is 1.33. The zero-order chi connectivity index (χ0) is 12.8. The molecule has 1 aromatic heterocycles. The van der Waals surface area contributed by atoms with Gasteiger partial charge in [-0.1, -0.05) is 37.3 Å². The van der Waals surface area contributed by atoms with E-state index in [0.717, 1.165) is 18.2 Å². The maximum Gasteiger partial charge on any atom is 0.131 e. The molecule has 0 fully saturated rings. The van der Waals surface area contributed by atoms with Crippen molar-refractivity contribution in [1.82, 2.24) is 9.97 Å². The van der Waals surface area contributed by atoms with Gasteiger partial charge in [0, 0.05) is 19.7 Å². The van der Waals surface area contributed by atoms with Crippen molar-refractivity contribution in [1.29, 1.82) is 0 Å². The fourth-order valence-corrected chi connectivity index (χ4v) is 1.75. The summed E-state index contributed by atoms with van der Waals surface area (Å²) in [7, 11) is 1.85. The van der Waals surface area contributed by atoms with Crippen LogP contribution in [-0.2, 0) is 0 Å². The minimum absolute atomic E-state index is 0.444. The SMILES string of the molecule is CNc1cc(NCC(C)c2ccccc2)ncn1. The molecule has 4 heteroatoms. The zero-order valence-electron chi connectivity index (χ0n) is 10.7. The standard InChI is InChI=1S/C14H18N4/c1-11(12-6-4-3-5-7-12)9-16-14-8-13(15-2)17-10-18-14/h3-8,10-11H,9H2,1-2H3,(H2,15,16,17,18). The maximum atomic E-state index is 4.19. The van der Waals surface area contributed by atoms with E-state index in [0.29, 0.717) is 5.92 Å². The van der Waals surface area contributed by atoms with Crippen LogP contribution in [-0.4, -0.2) is 23.6 Å². The Hall–Kier alpha value is -2.10. The molecule has 0 bridgehead atoms. The molecule has 2 aromatic rings. The summed E-state index contributed by atoms with van der Waals surface area (Å²) >= 11 is 0. The maximum absolute atomic E-state index is 4.19. The van der Waals surface area contributed by atoms with E-state index in [-0.39, 0.29) is 0 Å². The van der Waals surface area contributed by atoms with E-state index >= 15 is 0 Å². The smallest absolute Gasteiger partial charge is 0.131 e. The Kier molecular flexibility index (Phi) is 4.12. The Labute approximate surface area is 107 Å². The van der Waals surface area contributed by atoms with Crippen molar-refractivity contribution in [2.24, 2.45) is 0 Å². The lowest BCUT2D eigenvalue weighted by atomic mass is 10.0. The van der Waals surface area contributed by atoms with Crippen LogP contribution in [0.4, 0.5) is 11.6 Å². The first kappa shape index (κ1) is 12.4. The molecule has 0 saturated heterocycles. The van der Waals surface area contributed by atoms with Crippen molar-refractivity contribution in [2.75, 3.05) is 24.2 Å². The van der Waals surface area contributed by atoms with E-state index in [4.69, 9.17) is 0 Å². The predicted molar refractivity (Wildman–Crippen MR) is 74.9 cm³/mol. The molecule has 2 N–H and O–H groups in total. The Morgan fingerprint density at radius 3 is 2.56 bits per heavy atom. The van der Waals surface area contributed by atoms with Crippen molar-refractivity contribution >= 4 is 11.6 Å². The molecule has 1 heterocycles. The molecule has 1 aromatic carbocycles. The minimum Gasteiger partial charge on any atom is -0.373 e. The van der Waals surface area contributed by atoms with Gasteiger partial charge in [0.1, 0.15) is 18.0 Å². The summed E-state index contributed by atoms with van der Waals surface area (Å²) in [6, 6.07) is 12.4. The van der Waals surface area contributed by atoms with Gasteiger partial charge in [0.25, 0.3) is 0 Å². The van der Waals surface area contributed by atoms with E-state index in [1.807, 2.05) is 19.2 Å². The number of anilines is 2. The molecule has 0 radical (unpaired) electrons. The average molecular weight is 242 g/mol. The largest absolute Gasteiger partial charge is 0.373 e. The number of nitrogens with one attached hydrogen (secondary N) is 2. The highest BCUT2D eigenvalue weighted by Crippen LogP contribution is 2.15. The molecule has 1 unspecified atom stereocenters. The van der Waals surface area contributed by atoms with Crippen LogP contribution < -0.4 is 10.6 Å². The average Bonchev–Trinajstić information content (AvgIpc) is 2.46. The van der Waals surface area contributed by atoms with Gasteiger partial charge in [0.05, 0.1) is 0 Å². The van der Waals surface area contributed by atoms with E-state index < -0.39 is 0 Å². The summed E-state index contributed by atoms with van der Waals surface area (Å²) in [5, 5.41) is 6.32. The van der Waals surface area contributed by atoms with Gasteiger partial charge < -0.3 is 10.6 Å². The van der Waals surface area contributed by atoms with E-state index in [1.54, 1.807) is 6.33 Å². The number of nitrogens with zero attached hydrogens (tertiary/aromatic N) is 2. The van der Waals surface area contributed by atoms with Crippen LogP contribution in [0, 0.1) is 0 Å². The fourth-order valence-electron chi connectivity index (χ4n) is 1.75. The first-order chi connectivity index (χ1) is 8.79. The second-order valence-corrected chi connectivity index (χ2v) is 4.23. The molecule has 1 atom stereocenters. The van der Waals surface area contributed by atoms with Gasteiger partial charge >= 0.3 is 0 Å². The fraction of sp³-hybridized carbons (Fsp3) is 0.286. The van der Waals surface area contributed by atoms with E-state index in [1.165, 1.54) is 5.56 Å². The zero-order valence-corrected chi connectivity index (χ0v) is 10.7. The highest BCUT2D eigenvalue weighted by molar-refractivity contribution is 5.46. The summed E-state index contributed by atoms with van der Waals surface area (Å²) in [4.78, 5) is 8.27. The van der Waals surface area contributed by atoms with Crippen molar-refractivity contribution < 1.29 is 0 Å². The molecule has 4 nitrogen and oxygen atoms in total. The third kappa shape index (κ3) is 3.20. The second-order valence-electron chi connectivity index (χ2n) is 4.23. The van der Waals surface area contributed by atoms with E-state index in [2.05, 4.69) is 51.8 Å². The number of benzene rings is 1. The summed E-state index contributed by atoms with van der Waals surface area (Å²) in [6.45, 7) is 3.05. The van der Waals surface area contributed by atoms with Crippen molar-refractivity contribution in [3.8, 4) is 0 Å². The van der Waals surface area contributed by atoms with Crippen LogP contribution in [0.15, 0.2) is 42.7 Å². The lowest BCUT2D eigenvalue weighted by Crippen LogP contribution is -2.11. The van der Waals surface area contributed by atoms with Gasteiger partial charge in [-0.25, -0.2) is 9.97 Å². The lowest BCUT2D eigenvalue weighted by molar-refractivity contribution is 0.801. The van der Waals surface area contributed by atoms with Crippen LogP contribution >= 0.6 is 0 Å². The quantitative estimate of drug-likeness (QED) is 0.846. The molecule has 0 amide bonds. The summed E-state index contributed by atoms with van der Waals surface area (Å²) < 4.78 is 0. The third-order valence-electron chi connectivity index (χ3n) is 2.88. The van der Waals surface area contributed by atoms with Crippen molar-refractivity contribution in [3.63, 3.8) is 0 Å². The van der Waals surface area contributed by atoms with Crippen LogP contribution in [0.5, 0.6) is 0 Å². The molecular weight excluding hydrogens is 224 g/mol. The number of hydrogen-bond acceptors (Lipinski definition) is 4. The Morgan fingerprint density at radius 2 is 1.83 bits per heavy atom. The molecule has 0 spiro atoms. The summed E-state index contributed by atoms with van der Waals surface area (Å²) in [5.74, 6) is 2.11. The van der Waals surface area contributed by atoms with Crippen LogP contribution in [0.25, 0.3) is 0 Å². The van der Waals surface area contributed by atoms with Gasteiger partial charge in [-0.2, -0.15) is 0 Å². The summed E-state index contributed by atoms with van der Waals surface area (Å²) in [6.07, 6.45) is 1.56.